The van der Waals surface area contributed by atoms with E-state index in [1.165, 1.54) is 6.92 Å². The lowest BCUT2D eigenvalue weighted by Gasteiger charge is -2.09. The van der Waals surface area contributed by atoms with Gasteiger partial charge in [0.2, 0.25) is 0 Å². The minimum absolute atomic E-state index is 0.0556. The van der Waals surface area contributed by atoms with Crippen molar-refractivity contribution >= 4 is 5.78 Å². The molecule has 8 heavy (non-hydrogen) atoms. The molecule has 2 atom stereocenters. The molecule has 0 aromatic rings. The number of carbonyl (C=O) groups excluding carboxylic acids is 1. The third-order valence-electron chi connectivity index (χ3n) is 1.04. The van der Waals surface area contributed by atoms with Gasteiger partial charge >= 0.3 is 0 Å². The van der Waals surface area contributed by atoms with Crippen LogP contribution in [-0.2, 0) is 4.79 Å². The van der Waals surface area contributed by atoms with Crippen LogP contribution in [0.4, 0.5) is 0 Å². The van der Waals surface area contributed by atoms with Gasteiger partial charge < -0.3 is 11.5 Å². The van der Waals surface area contributed by atoms with E-state index in [0.29, 0.717) is 0 Å². The molecule has 48 valence electrons. The molecular formula is C5H12N2O. The molecular weight excluding hydrogens is 104 g/mol. The standard InChI is InChI=1S/C5H12N2O/c1-3(6)5(7)4(2)8/h3,5H,6-7H2,1-2H3. The lowest BCUT2D eigenvalue weighted by atomic mass is 10.1. The quantitative estimate of drug-likeness (QED) is 0.498. The summed E-state index contributed by atoms with van der Waals surface area (Å²) in [7, 11) is 0. The van der Waals surface area contributed by atoms with Crippen LogP contribution in [0, 0.1) is 0 Å². The van der Waals surface area contributed by atoms with E-state index in [0.717, 1.165) is 0 Å². The molecule has 0 fully saturated rings. The number of Topliss-reactive ketones (excluding diaryl/α,β-unsaturated/α-hetero) is 1. The highest BCUT2D eigenvalue weighted by Crippen LogP contribution is 1.84. The van der Waals surface area contributed by atoms with E-state index in [9.17, 15) is 4.79 Å². The van der Waals surface area contributed by atoms with Crippen LogP contribution in [0.5, 0.6) is 0 Å². The maximum atomic E-state index is 10.4. The summed E-state index contributed by atoms with van der Waals surface area (Å²) in [5.74, 6) is -0.0556. The third-order valence-corrected chi connectivity index (χ3v) is 1.04. The van der Waals surface area contributed by atoms with Gasteiger partial charge in [-0.25, -0.2) is 0 Å². The van der Waals surface area contributed by atoms with Gasteiger partial charge in [-0.15, -0.1) is 0 Å². The van der Waals surface area contributed by atoms with Gasteiger partial charge in [0, 0.05) is 6.04 Å². The van der Waals surface area contributed by atoms with E-state index >= 15 is 0 Å². The van der Waals surface area contributed by atoms with Crippen molar-refractivity contribution in [3.05, 3.63) is 0 Å². The van der Waals surface area contributed by atoms with E-state index in [2.05, 4.69) is 0 Å². The second kappa shape index (κ2) is 2.79. The lowest BCUT2D eigenvalue weighted by molar-refractivity contribution is -0.118. The van der Waals surface area contributed by atoms with Crippen LogP contribution in [0.3, 0.4) is 0 Å². The first kappa shape index (κ1) is 7.59. The first-order valence-electron chi connectivity index (χ1n) is 2.57. The molecule has 0 aliphatic rings. The summed E-state index contributed by atoms with van der Waals surface area (Å²) in [6, 6.07) is -0.720. The fourth-order valence-electron chi connectivity index (χ4n) is 0.370. The molecule has 0 bridgehead atoms. The highest BCUT2D eigenvalue weighted by Gasteiger charge is 2.11. The van der Waals surface area contributed by atoms with Gasteiger partial charge in [0.25, 0.3) is 0 Å². The average molecular weight is 116 g/mol. The highest BCUT2D eigenvalue weighted by atomic mass is 16.1. The normalized spacial score (nSPS) is 17.5. The van der Waals surface area contributed by atoms with Crippen molar-refractivity contribution in [2.24, 2.45) is 11.5 Å². The van der Waals surface area contributed by atoms with Crippen LogP contribution in [0.1, 0.15) is 13.8 Å². The van der Waals surface area contributed by atoms with Gasteiger partial charge in [-0.1, -0.05) is 0 Å². The molecule has 0 saturated carbocycles. The van der Waals surface area contributed by atoms with Crippen LogP contribution >= 0.6 is 0 Å². The summed E-state index contributed by atoms with van der Waals surface area (Å²) in [5.41, 5.74) is 10.6. The summed E-state index contributed by atoms with van der Waals surface area (Å²) >= 11 is 0. The van der Waals surface area contributed by atoms with Crippen molar-refractivity contribution in [2.45, 2.75) is 25.9 Å². The molecule has 2 unspecified atom stereocenters. The minimum atomic E-state index is -0.491. The molecule has 0 saturated heterocycles. The van der Waals surface area contributed by atoms with E-state index < -0.39 is 6.04 Å². The van der Waals surface area contributed by atoms with Gasteiger partial charge in [0.1, 0.15) is 5.78 Å². The van der Waals surface area contributed by atoms with Crippen molar-refractivity contribution in [2.75, 3.05) is 0 Å². The molecule has 0 rings (SSSR count). The highest BCUT2D eigenvalue weighted by molar-refractivity contribution is 5.81. The van der Waals surface area contributed by atoms with Crippen LogP contribution in [0.15, 0.2) is 0 Å². The summed E-state index contributed by atoms with van der Waals surface area (Å²) in [6.07, 6.45) is 0. The predicted molar refractivity (Wildman–Crippen MR) is 32.3 cm³/mol. The largest absolute Gasteiger partial charge is 0.326 e. The summed E-state index contributed by atoms with van der Waals surface area (Å²) in [6.45, 7) is 3.15. The molecule has 0 aromatic heterocycles. The Morgan fingerprint density at radius 2 is 1.88 bits per heavy atom. The number of ketones is 1. The fraction of sp³-hybridized carbons (Fsp3) is 0.800. The molecule has 0 heterocycles. The maximum absolute atomic E-state index is 10.4. The summed E-state index contributed by atoms with van der Waals surface area (Å²) < 4.78 is 0. The second-order valence-electron chi connectivity index (χ2n) is 2.00. The van der Waals surface area contributed by atoms with Crippen molar-refractivity contribution in [1.82, 2.24) is 0 Å². The zero-order valence-electron chi connectivity index (χ0n) is 5.22. The molecule has 0 radical (unpaired) electrons. The van der Waals surface area contributed by atoms with Gasteiger partial charge in [0.05, 0.1) is 6.04 Å². The predicted octanol–water partition coefficient (Wildman–Crippen LogP) is -0.750. The third kappa shape index (κ3) is 2.04. The molecule has 3 nitrogen and oxygen atoms in total. The maximum Gasteiger partial charge on any atom is 0.148 e. The number of nitrogens with two attached hydrogens (primary N) is 2. The molecule has 3 heteroatoms. The molecule has 4 N–H and O–H groups in total. The fourth-order valence-corrected chi connectivity index (χ4v) is 0.370. The van der Waals surface area contributed by atoms with Gasteiger partial charge in [0.15, 0.2) is 0 Å². The average Bonchev–Trinajstić information content (AvgIpc) is 1.64. The Morgan fingerprint density at radius 1 is 1.50 bits per heavy atom. The van der Waals surface area contributed by atoms with Crippen molar-refractivity contribution in [3.8, 4) is 0 Å². The first-order chi connectivity index (χ1) is 3.55. The number of rotatable bonds is 2. The van der Waals surface area contributed by atoms with Crippen molar-refractivity contribution in [3.63, 3.8) is 0 Å². The minimum Gasteiger partial charge on any atom is -0.326 e. The van der Waals surface area contributed by atoms with Crippen molar-refractivity contribution < 1.29 is 4.79 Å². The molecule has 0 aliphatic heterocycles. The zero-order valence-corrected chi connectivity index (χ0v) is 5.22. The van der Waals surface area contributed by atoms with Crippen LogP contribution in [-0.4, -0.2) is 17.9 Å². The van der Waals surface area contributed by atoms with E-state index in [-0.39, 0.29) is 11.8 Å². The zero-order chi connectivity index (χ0) is 6.73. The Kier molecular flexibility index (Phi) is 2.65. The first-order valence-corrected chi connectivity index (χ1v) is 2.57. The Balaban J connectivity index is 3.64. The number of hydrogen-bond donors (Lipinski definition) is 2. The second-order valence-corrected chi connectivity index (χ2v) is 2.00. The van der Waals surface area contributed by atoms with Crippen molar-refractivity contribution in [1.29, 1.82) is 0 Å². The van der Waals surface area contributed by atoms with Gasteiger partial charge in [-0.05, 0) is 13.8 Å². The molecule has 0 aromatic carbocycles. The topological polar surface area (TPSA) is 69.1 Å². The van der Waals surface area contributed by atoms with Crippen LogP contribution in [0.2, 0.25) is 0 Å². The van der Waals surface area contributed by atoms with Crippen LogP contribution in [0.25, 0.3) is 0 Å². The smallest absolute Gasteiger partial charge is 0.148 e. The monoisotopic (exact) mass is 116 g/mol. The Hall–Kier alpha value is -0.410. The number of carbonyl (C=O) groups is 1. The Labute approximate surface area is 49.0 Å². The summed E-state index contributed by atoms with van der Waals surface area (Å²) in [4.78, 5) is 10.4. The number of hydrogen-bond acceptors (Lipinski definition) is 3. The van der Waals surface area contributed by atoms with Gasteiger partial charge in [-0.2, -0.15) is 0 Å². The Morgan fingerprint density at radius 3 is 1.88 bits per heavy atom. The summed E-state index contributed by atoms with van der Waals surface area (Å²) in [5, 5.41) is 0. The lowest BCUT2D eigenvalue weighted by Crippen LogP contribution is -2.43. The van der Waals surface area contributed by atoms with E-state index in [1.54, 1.807) is 6.92 Å². The molecule has 0 amide bonds. The SMILES string of the molecule is CC(=O)C(N)C(C)N. The Bertz CT molecular complexity index is 90.4. The van der Waals surface area contributed by atoms with E-state index in [1.807, 2.05) is 0 Å². The molecule has 0 spiro atoms. The molecule has 0 aliphatic carbocycles. The van der Waals surface area contributed by atoms with E-state index in [4.69, 9.17) is 11.5 Å². The van der Waals surface area contributed by atoms with Gasteiger partial charge in [-0.3, -0.25) is 4.79 Å². The van der Waals surface area contributed by atoms with Crippen LogP contribution < -0.4 is 11.5 Å².